The van der Waals surface area contributed by atoms with Gasteiger partial charge in [-0.3, -0.25) is 9.59 Å². The standard InChI is InChI=1S/C21H25N3O5/c1-13-17(14(2)29-23-13)11-24-8-7-16(4-6-21(24)26)22-20(25)10-15-3-5-18-19(9-15)28-12-27-18/h3,5,9,16H,4,6-8,10-12H2,1-2H3,(H,22,25). The molecular formula is C21H25N3O5. The van der Waals surface area contributed by atoms with E-state index in [9.17, 15) is 9.59 Å². The molecule has 0 radical (unpaired) electrons. The maximum Gasteiger partial charge on any atom is 0.231 e. The molecule has 2 aliphatic heterocycles. The quantitative estimate of drug-likeness (QED) is 0.829. The number of hydrogen-bond acceptors (Lipinski definition) is 6. The Labute approximate surface area is 169 Å². The molecule has 3 heterocycles. The number of aromatic nitrogens is 1. The summed E-state index contributed by atoms with van der Waals surface area (Å²) in [5, 5.41) is 7.04. The molecule has 1 unspecified atom stereocenters. The first-order chi connectivity index (χ1) is 14.0. The smallest absolute Gasteiger partial charge is 0.231 e. The van der Waals surface area contributed by atoms with E-state index >= 15 is 0 Å². The Hall–Kier alpha value is -3.03. The zero-order valence-corrected chi connectivity index (χ0v) is 16.7. The fraction of sp³-hybridized carbons (Fsp3) is 0.476. The third-order valence-electron chi connectivity index (χ3n) is 5.50. The van der Waals surface area contributed by atoms with Gasteiger partial charge in [-0.05, 0) is 44.4 Å². The van der Waals surface area contributed by atoms with E-state index in [1.807, 2.05) is 36.9 Å². The summed E-state index contributed by atoms with van der Waals surface area (Å²) in [5.74, 6) is 2.16. The summed E-state index contributed by atoms with van der Waals surface area (Å²) in [5.41, 5.74) is 2.65. The van der Waals surface area contributed by atoms with Gasteiger partial charge in [0.2, 0.25) is 18.6 Å². The van der Waals surface area contributed by atoms with E-state index in [1.165, 1.54) is 0 Å². The van der Waals surface area contributed by atoms with Crippen molar-refractivity contribution in [2.24, 2.45) is 0 Å². The molecule has 29 heavy (non-hydrogen) atoms. The minimum Gasteiger partial charge on any atom is -0.454 e. The van der Waals surface area contributed by atoms with E-state index in [-0.39, 0.29) is 31.1 Å². The van der Waals surface area contributed by atoms with Crippen LogP contribution in [-0.4, -0.2) is 41.3 Å². The van der Waals surface area contributed by atoms with Crippen LogP contribution >= 0.6 is 0 Å². The van der Waals surface area contributed by atoms with Crippen LogP contribution in [0, 0.1) is 13.8 Å². The summed E-state index contributed by atoms with van der Waals surface area (Å²) in [6, 6.07) is 5.51. The Bertz CT molecular complexity index is 904. The summed E-state index contributed by atoms with van der Waals surface area (Å²) < 4.78 is 15.9. The second-order valence-electron chi connectivity index (χ2n) is 7.57. The summed E-state index contributed by atoms with van der Waals surface area (Å²) in [6.07, 6.45) is 2.05. The fourth-order valence-electron chi connectivity index (χ4n) is 3.78. The van der Waals surface area contributed by atoms with Crippen LogP contribution in [0.5, 0.6) is 11.5 Å². The van der Waals surface area contributed by atoms with Crippen LogP contribution in [-0.2, 0) is 22.6 Å². The van der Waals surface area contributed by atoms with E-state index < -0.39 is 0 Å². The Morgan fingerprint density at radius 1 is 1.24 bits per heavy atom. The van der Waals surface area contributed by atoms with E-state index in [1.54, 1.807) is 0 Å². The topological polar surface area (TPSA) is 93.9 Å². The van der Waals surface area contributed by atoms with E-state index in [0.717, 1.165) is 29.0 Å². The average Bonchev–Trinajstić information content (AvgIpc) is 3.24. The SMILES string of the molecule is Cc1noc(C)c1CN1CCC(NC(=O)Cc2ccc3c(c2)OCO3)CCC1=O. The van der Waals surface area contributed by atoms with Crippen molar-refractivity contribution in [3.05, 3.63) is 40.8 Å². The van der Waals surface area contributed by atoms with E-state index in [0.29, 0.717) is 37.4 Å². The van der Waals surface area contributed by atoms with Crippen LogP contribution < -0.4 is 14.8 Å². The Kier molecular flexibility index (Phi) is 5.42. The molecule has 154 valence electrons. The van der Waals surface area contributed by atoms with Gasteiger partial charge in [0.25, 0.3) is 0 Å². The largest absolute Gasteiger partial charge is 0.454 e. The molecule has 0 saturated carbocycles. The predicted molar refractivity (Wildman–Crippen MR) is 103 cm³/mol. The molecule has 1 fully saturated rings. The monoisotopic (exact) mass is 399 g/mol. The number of hydrogen-bond donors (Lipinski definition) is 1. The third kappa shape index (κ3) is 4.36. The highest BCUT2D eigenvalue weighted by Crippen LogP contribution is 2.32. The van der Waals surface area contributed by atoms with Crippen molar-refractivity contribution in [3.8, 4) is 11.5 Å². The molecule has 1 aromatic heterocycles. The number of rotatable bonds is 5. The first-order valence-corrected chi connectivity index (χ1v) is 9.87. The average molecular weight is 399 g/mol. The minimum absolute atomic E-state index is 0.0184. The Morgan fingerprint density at radius 2 is 2.07 bits per heavy atom. The van der Waals surface area contributed by atoms with Gasteiger partial charge in [-0.1, -0.05) is 11.2 Å². The van der Waals surface area contributed by atoms with Crippen LogP contribution in [0.25, 0.3) is 0 Å². The molecule has 0 aliphatic carbocycles. The highest BCUT2D eigenvalue weighted by Gasteiger charge is 2.25. The van der Waals surface area contributed by atoms with Crippen molar-refractivity contribution >= 4 is 11.8 Å². The molecule has 0 bridgehead atoms. The lowest BCUT2D eigenvalue weighted by atomic mass is 10.1. The predicted octanol–water partition coefficient (Wildman–Crippen LogP) is 2.26. The van der Waals surface area contributed by atoms with Crippen LogP contribution in [0.3, 0.4) is 0 Å². The lowest BCUT2D eigenvalue weighted by Gasteiger charge is -2.21. The number of fused-ring (bicyclic) bond motifs is 1. The number of amides is 2. The summed E-state index contributed by atoms with van der Waals surface area (Å²) in [6.45, 7) is 5.05. The highest BCUT2D eigenvalue weighted by molar-refractivity contribution is 5.80. The van der Waals surface area contributed by atoms with Gasteiger partial charge < -0.3 is 24.2 Å². The number of aryl methyl sites for hydroxylation is 2. The molecule has 1 N–H and O–H groups in total. The van der Waals surface area contributed by atoms with Crippen molar-refractivity contribution < 1.29 is 23.6 Å². The first-order valence-electron chi connectivity index (χ1n) is 9.87. The lowest BCUT2D eigenvalue weighted by Crippen LogP contribution is -2.36. The van der Waals surface area contributed by atoms with Gasteiger partial charge in [0.05, 0.1) is 18.7 Å². The van der Waals surface area contributed by atoms with Crippen molar-refractivity contribution in [1.29, 1.82) is 0 Å². The molecule has 1 atom stereocenters. The second-order valence-corrected chi connectivity index (χ2v) is 7.57. The van der Waals surface area contributed by atoms with Gasteiger partial charge >= 0.3 is 0 Å². The zero-order valence-electron chi connectivity index (χ0n) is 16.7. The van der Waals surface area contributed by atoms with Gasteiger partial charge in [0.1, 0.15) is 5.76 Å². The van der Waals surface area contributed by atoms with Crippen molar-refractivity contribution in [1.82, 2.24) is 15.4 Å². The number of carbonyl (C=O) groups excluding carboxylic acids is 2. The molecule has 0 spiro atoms. The number of nitrogens with zero attached hydrogens (tertiary/aromatic N) is 2. The lowest BCUT2D eigenvalue weighted by molar-refractivity contribution is -0.131. The van der Waals surface area contributed by atoms with Crippen molar-refractivity contribution in [2.75, 3.05) is 13.3 Å². The summed E-state index contributed by atoms with van der Waals surface area (Å²) >= 11 is 0. The summed E-state index contributed by atoms with van der Waals surface area (Å²) in [4.78, 5) is 26.9. The third-order valence-corrected chi connectivity index (χ3v) is 5.50. The molecular weight excluding hydrogens is 374 g/mol. The molecule has 2 aliphatic rings. The van der Waals surface area contributed by atoms with Gasteiger partial charge in [-0.2, -0.15) is 0 Å². The number of ether oxygens (including phenoxy) is 2. The molecule has 1 aromatic carbocycles. The molecule has 4 rings (SSSR count). The van der Waals surface area contributed by atoms with Crippen LogP contribution in [0.1, 0.15) is 41.8 Å². The van der Waals surface area contributed by atoms with Gasteiger partial charge in [0.15, 0.2) is 11.5 Å². The Balaban J connectivity index is 1.32. The first kappa shape index (κ1) is 19.3. The number of likely N-dealkylation sites (tertiary alicyclic amines) is 1. The van der Waals surface area contributed by atoms with E-state index in [2.05, 4.69) is 10.5 Å². The van der Waals surface area contributed by atoms with Crippen LogP contribution in [0.4, 0.5) is 0 Å². The summed E-state index contributed by atoms with van der Waals surface area (Å²) in [7, 11) is 0. The Morgan fingerprint density at radius 3 is 2.86 bits per heavy atom. The maximum absolute atomic E-state index is 12.5. The number of benzene rings is 1. The van der Waals surface area contributed by atoms with Gasteiger partial charge in [-0.15, -0.1) is 0 Å². The van der Waals surface area contributed by atoms with E-state index in [4.69, 9.17) is 14.0 Å². The molecule has 2 amide bonds. The molecule has 8 heteroatoms. The molecule has 8 nitrogen and oxygen atoms in total. The maximum atomic E-state index is 12.5. The van der Waals surface area contributed by atoms with Crippen molar-refractivity contribution in [2.45, 2.75) is 52.1 Å². The normalized spacial score (nSPS) is 18.6. The van der Waals surface area contributed by atoms with Crippen molar-refractivity contribution in [3.63, 3.8) is 0 Å². The molecule has 2 aromatic rings. The second kappa shape index (κ2) is 8.14. The fourth-order valence-corrected chi connectivity index (χ4v) is 3.78. The van der Waals surface area contributed by atoms with Crippen LogP contribution in [0.15, 0.2) is 22.7 Å². The van der Waals surface area contributed by atoms with Gasteiger partial charge in [-0.25, -0.2) is 0 Å². The zero-order chi connectivity index (χ0) is 20.4. The van der Waals surface area contributed by atoms with Gasteiger partial charge in [0, 0.05) is 24.6 Å². The van der Waals surface area contributed by atoms with Crippen LogP contribution in [0.2, 0.25) is 0 Å². The minimum atomic E-state index is -0.0551. The highest BCUT2D eigenvalue weighted by atomic mass is 16.7. The number of nitrogens with one attached hydrogen (secondary N) is 1. The molecule has 1 saturated heterocycles. The number of carbonyl (C=O) groups is 2.